The topological polar surface area (TPSA) is 55.6 Å². The van der Waals surface area contributed by atoms with Crippen molar-refractivity contribution in [1.29, 1.82) is 0 Å². The molecule has 5 nitrogen and oxygen atoms in total. The molecule has 2 heterocycles. The number of aromatic nitrogens is 2. The number of hydrogen-bond acceptors (Lipinski definition) is 3. The van der Waals surface area contributed by atoms with Crippen LogP contribution in [0.1, 0.15) is 62.1 Å². The van der Waals surface area contributed by atoms with Gasteiger partial charge in [-0.05, 0) is 57.6 Å². The van der Waals surface area contributed by atoms with Gasteiger partial charge in [-0.15, -0.1) is 0 Å². The number of ether oxygens (including phenoxy) is 1. The van der Waals surface area contributed by atoms with Gasteiger partial charge in [0.25, 0.3) is 5.91 Å². The van der Waals surface area contributed by atoms with E-state index in [4.69, 9.17) is 4.74 Å². The lowest BCUT2D eigenvalue weighted by molar-refractivity contribution is 0.0947. The number of imidazole rings is 1. The summed E-state index contributed by atoms with van der Waals surface area (Å²) in [7, 11) is 0. The Labute approximate surface area is 149 Å². The van der Waals surface area contributed by atoms with E-state index in [2.05, 4.69) is 16.4 Å². The number of amides is 1. The number of nitrogens with zero attached hydrogens (tertiary/aromatic N) is 2. The maximum atomic E-state index is 12.8. The van der Waals surface area contributed by atoms with Gasteiger partial charge in [0.05, 0.1) is 12.3 Å². The number of fused-ring (bicyclic) bond motifs is 1. The van der Waals surface area contributed by atoms with Crippen molar-refractivity contribution in [1.82, 2.24) is 14.7 Å². The zero-order valence-corrected chi connectivity index (χ0v) is 15.2. The van der Waals surface area contributed by atoms with Gasteiger partial charge in [-0.25, -0.2) is 4.98 Å². The number of pyridine rings is 1. The van der Waals surface area contributed by atoms with Crippen LogP contribution >= 0.6 is 0 Å². The summed E-state index contributed by atoms with van der Waals surface area (Å²) in [5, 5.41) is 3.07. The SMILES string of the molecule is CCOc1cccn2c(C(=O)NCCC3=CCCCC3)c(CC)nc12. The van der Waals surface area contributed by atoms with E-state index in [1.54, 1.807) is 0 Å². The van der Waals surface area contributed by atoms with Crippen LogP contribution in [0.2, 0.25) is 0 Å². The van der Waals surface area contributed by atoms with Crippen LogP contribution in [0, 0.1) is 0 Å². The van der Waals surface area contributed by atoms with E-state index in [0.717, 1.165) is 12.1 Å². The quantitative estimate of drug-likeness (QED) is 0.777. The van der Waals surface area contributed by atoms with E-state index in [9.17, 15) is 4.79 Å². The molecule has 0 aromatic carbocycles. The van der Waals surface area contributed by atoms with Gasteiger partial charge in [-0.2, -0.15) is 0 Å². The maximum Gasteiger partial charge on any atom is 0.270 e. The first kappa shape index (κ1) is 17.5. The summed E-state index contributed by atoms with van der Waals surface area (Å²) in [6, 6.07) is 3.78. The summed E-state index contributed by atoms with van der Waals surface area (Å²) in [4.78, 5) is 17.4. The van der Waals surface area contributed by atoms with Crippen molar-refractivity contribution in [3.05, 3.63) is 41.4 Å². The molecule has 134 valence electrons. The first-order valence-electron chi connectivity index (χ1n) is 9.33. The number of nitrogens with one attached hydrogen (secondary N) is 1. The fraction of sp³-hybridized carbons (Fsp3) is 0.500. The van der Waals surface area contributed by atoms with Gasteiger partial charge in [0.15, 0.2) is 11.4 Å². The van der Waals surface area contributed by atoms with Crippen molar-refractivity contribution in [3.63, 3.8) is 0 Å². The second-order valence-corrected chi connectivity index (χ2v) is 6.37. The van der Waals surface area contributed by atoms with Crippen molar-refractivity contribution in [2.75, 3.05) is 13.2 Å². The molecule has 0 bridgehead atoms. The third-order valence-electron chi connectivity index (χ3n) is 4.65. The molecule has 0 spiro atoms. The fourth-order valence-electron chi connectivity index (χ4n) is 3.40. The zero-order chi connectivity index (χ0) is 17.6. The second kappa shape index (κ2) is 8.19. The molecule has 5 heteroatoms. The molecule has 0 saturated heterocycles. The number of carbonyl (C=O) groups excluding carboxylic acids is 1. The van der Waals surface area contributed by atoms with Gasteiger partial charge in [-0.1, -0.05) is 18.6 Å². The fourth-order valence-corrected chi connectivity index (χ4v) is 3.40. The van der Waals surface area contributed by atoms with Gasteiger partial charge < -0.3 is 10.1 Å². The first-order valence-corrected chi connectivity index (χ1v) is 9.33. The van der Waals surface area contributed by atoms with Crippen LogP contribution in [0.4, 0.5) is 0 Å². The summed E-state index contributed by atoms with van der Waals surface area (Å²) < 4.78 is 7.50. The molecule has 0 unspecified atom stereocenters. The van der Waals surface area contributed by atoms with Crippen LogP contribution in [0.15, 0.2) is 30.0 Å². The number of allylic oxidation sites excluding steroid dienone is 1. The molecule has 1 amide bonds. The van der Waals surface area contributed by atoms with E-state index in [1.165, 1.54) is 31.3 Å². The normalized spacial score (nSPS) is 14.4. The van der Waals surface area contributed by atoms with Crippen molar-refractivity contribution >= 4 is 11.6 Å². The molecule has 0 atom stereocenters. The summed E-state index contributed by atoms with van der Waals surface area (Å²) in [5.74, 6) is 0.653. The molecule has 1 N–H and O–H groups in total. The minimum atomic E-state index is -0.0607. The Morgan fingerprint density at radius 2 is 2.24 bits per heavy atom. The van der Waals surface area contributed by atoms with Gasteiger partial charge in [0.2, 0.25) is 0 Å². The van der Waals surface area contributed by atoms with E-state index in [0.29, 0.717) is 36.7 Å². The molecule has 0 aliphatic heterocycles. The van der Waals surface area contributed by atoms with Crippen LogP contribution < -0.4 is 10.1 Å². The van der Waals surface area contributed by atoms with E-state index >= 15 is 0 Å². The van der Waals surface area contributed by atoms with Gasteiger partial charge in [-0.3, -0.25) is 9.20 Å². The molecule has 0 saturated carbocycles. The van der Waals surface area contributed by atoms with Crippen molar-refractivity contribution in [2.45, 2.75) is 52.4 Å². The van der Waals surface area contributed by atoms with E-state index < -0.39 is 0 Å². The lowest BCUT2D eigenvalue weighted by atomic mass is 9.97. The highest BCUT2D eigenvalue weighted by Crippen LogP contribution is 2.23. The highest BCUT2D eigenvalue weighted by atomic mass is 16.5. The third kappa shape index (κ3) is 3.86. The minimum Gasteiger partial charge on any atom is -0.490 e. The van der Waals surface area contributed by atoms with Crippen molar-refractivity contribution < 1.29 is 9.53 Å². The molecule has 25 heavy (non-hydrogen) atoms. The predicted molar refractivity (Wildman–Crippen MR) is 99.2 cm³/mol. The Morgan fingerprint density at radius 1 is 1.36 bits per heavy atom. The predicted octanol–water partition coefficient (Wildman–Crippen LogP) is 3.92. The third-order valence-corrected chi connectivity index (χ3v) is 4.65. The molecule has 1 aliphatic rings. The Hall–Kier alpha value is -2.30. The van der Waals surface area contributed by atoms with Crippen molar-refractivity contribution in [3.8, 4) is 5.75 Å². The maximum absolute atomic E-state index is 12.8. The molecular formula is C20H27N3O2. The number of carbonyl (C=O) groups is 1. The summed E-state index contributed by atoms with van der Waals surface area (Å²) in [6.45, 7) is 5.21. The lowest BCUT2D eigenvalue weighted by Gasteiger charge is -2.13. The Kier molecular flexibility index (Phi) is 5.74. The highest BCUT2D eigenvalue weighted by molar-refractivity contribution is 5.95. The largest absolute Gasteiger partial charge is 0.490 e. The average molecular weight is 341 g/mol. The molecule has 2 aromatic rings. The number of rotatable bonds is 7. The number of aryl methyl sites for hydroxylation is 1. The zero-order valence-electron chi connectivity index (χ0n) is 15.2. The minimum absolute atomic E-state index is 0.0607. The van der Waals surface area contributed by atoms with Crippen LogP contribution in [0.25, 0.3) is 5.65 Å². The monoisotopic (exact) mass is 341 g/mol. The molecular weight excluding hydrogens is 314 g/mol. The standard InChI is InChI=1S/C20H27N3O2/c1-3-16-18(20(24)21-13-12-15-9-6-5-7-10-15)23-14-8-11-17(25-4-2)19(23)22-16/h8-9,11,14H,3-7,10,12-13H2,1-2H3,(H,21,24). The molecule has 0 fully saturated rings. The molecule has 2 aromatic heterocycles. The highest BCUT2D eigenvalue weighted by Gasteiger charge is 2.20. The van der Waals surface area contributed by atoms with Crippen molar-refractivity contribution in [2.24, 2.45) is 0 Å². The Balaban J connectivity index is 1.78. The van der Waals surface area contributed by atoms with Crippen LogP contribution in [-0.2, 0) is 6.42 Å². The lowest BCUT2D eigenvalue weighted by Crippen LogP contribution is -2.27. The van der Waals surface area contributed by atoms with Crippen LogP contribution in [0.3, 0.4) is 0 Å². The van der Waals surface area contributed by atoms with E-state index in [1.807, 2.05) is 36.6 Å². The van der Waals surface area contributed by atoms with Crippen LogP contribution in [0.5, 0.6) is 5.75 Å². The summed E-state index contributed by atoms with van der Waals surface area (Å²) >= 11 is 0. The van der Waals surface area contributed by atoms with Crippen LogP contribution in [-0.4, -0.2) is 28.4 Å². The van der Waals surface area contributed by atoms with Gasteiger partial charge >= 0.3 is 0 Å². The summed E-state index contributed by atoms with van der Waals surface area (Å²) in [6.07, 6.45) is 10.8. The smallest absolute Gasteiger partial charge is 0.270 e. The first-order chi connectivity index (χ1) is 12.2. The molecule has 1 aliphatic carbocycles. The number of hydrogen-bond donors (Lipinski definition) is 1. The van der Waals surface area contributed by atoms with Gasteiger partial charge in [0.1, 0.15) is 5.69 Å². The molecule has 3 rings (SSSR count). The Morgan fingerprint density at radius 3 is 2.96 bits per heavy atom. The van der Waals surface area contributed by atoms with Gasteiger partial charge in [0, 0.05) is 12.7 Å². The Bertz CT molecular complexity index is 777. The summed E-state index contributed by atoms with van der Waals surface area (Å²) in [5.41, 5.74) is 3.61. The molecule has 0 radical (unpaired) electrons. The average Bonchev–Trinajstić information content (AvgIpc) is 3.02. The second-order valence-electron chi connectivity index (χ2n) is 6.37. The van der Waals surface area contributed by atoms with E-state index in [-0.39, 0.29) is 5.91 Å².